The lowest BCUT2D eigenvalue weighted by Crippen LogP contribution is -2.65. The zero-order chi connectivity index (χ0) is 67.7. The minimum absolute atomic E-state index is 0.00999. The standard InChI is InChI=1S/C67H100N2O24/c1-29-15-18-45(88-52-27-65(11,69(79)80)60(38(10)87-52)68-64(78)82-14)30(2)20-40-21-39(28-70)33(5)26-67(40)62(76)53(63(77)93-67)61(75)66(12)42(29)17-16-41-54(66)31(3)19-32(4)57(41)91-51-24-46(56(74)35(7)84-51)89-50-25-47(90-48-22-43(71)55(73)34(6)83-48)59(37(9)86-50)92-49-23-44(72)58(81-13)36(8)85-49/h15-17,20-21,31-38,40-52,54-60,70-75H,18-19,22-28H2,1-14H3,(H,68,78)/b29-15-,30-20-,61-53?/t31-,32-,33+,34-,35-,36-,37-,38+,40+,41-,42-,43+,44+,45-,46+,47+,48-,49+,50-,51-,52-,54+,55-,56-,57-,58-,59-,60-,65-,66+,67-/m0/s1. The largest absolute Gasteiger partial charge is 0.511 e. The molecule has 93 heavy (non-hydrogen) atoms. The molecule has 6 saturated heterocycles. The first-order valence-corrected chi connectivity index (χ1v) is 33.2. The van der Waals surface area contributed by atoms with Crippen LogP contribution >= 0.6 is 0 Å². The molecule has 7 N–H and O–H groups in total. The molecule has 26 heteroatoms. The Morgan fingerprint density at radius 2 is 1.28 bits per heavy atom. The average molecular weight is 1320 g/mol. The van der Waals surface area contributed by atoms with Crippen LogP contribution in [0.5, 0.6) is 0 Å². The van der Waals surface area contributed by atoms with Crippen molar-refractivity contribution < 1.29 is 112 Å². The molecule has 10 aliphatic rings. The number of rotatable bonds is 14. The van der Waals surface area contributed by atoms with Gasteiger partial charge in [0.2, 0.25) is 11.3 Å². The summed E-state index contributed by atoms with van der Waals surface area (Å²) < 4.78 is 82.0. The number of aliphatic hydroxyl groups is 6. The maximum Gasteiger partial charge on any atom is 0.407 e. The Balaban J connectivity index is 0.943. The summed E-state index contributed by atoms with van der Waals surface area (Å²) in [6, 6.07) is -1.09. The van der Waals surface area contributed by atoms with Crippen molar-refractivity contribution in [1.82, 2.24) is 5.32 Å². The number of amides is 1. The van der Waals surface area contributed by atoms with E-state index in [1.165, 1.54) is 14.0 Å². The van der Waals surface area contributed by atoms with E-state index in [-0.39, 0.29) is 63.4 Å². The predicted octanol–water partition coefficient (Wildman–Crippen LogP) is 5.45. The van der Waals surface area contributed by atoms with E-state index >= 15 is 4.79 Å². The number of ether oxygens (including phenoxy) is 13. The quantitative estimate of drug-likeness (QED) is 0.0373. The molecule has 4 aliphatic carbocycles. The molecule has 7 fully saturated rings. The molecule has 10 rings (SSSR count). The SMILES string of the molecule is COC(=O)N[C@H]1[C@@H](C)O[C@@H](O[C@H]2C/C=C(/C)[C@@H]3C=C[C@@H]4[C@@H](O[C@H]5C[C@@H](O[C@H]6C[C@@H](O[C@H]7C[C@@H](O)[C@@H](O)[C@H](C)O7)[C@@H](O[C@@H]7C[C@@H](O)[C@@H](OC)[C@H](C)O7)[C@H](C)O6)[C@@H](O)[C@H](C)O5)[C@@H](C)C[C@H](C)[C@H]4[C@]3(C)C(O)=C3C(=O)O[C@]4(C[C@@H](C)C(CO)=C[C@H]4/C=C\2C)C3=O)C[C@]1(C)[N+](=O)[O-]. The Morgan fingerprint density at radius 1 is 0.688 bits per heavy atom. The van der Waals surface area contributed by atoms with Crippen LogP contribution in [0, 0.1) is 57.0 Å². The molecule has 0 aromatic carbocycles. The Morgan fingerprint density at radius 3 is 1.92 bits per heavy atom. The van der Waals surface area contributed by atoms with Gasteiger partial charge in [-0.1, -0.05) is 63.6 Å². The number of nitrogens with zero attached hydrogens (tertiary/aromatic N) is 1. The Hall–Kier alpha value is -4.33. The fourth-order valence-electron chi connectivity index (χ4n) is 17.2. The molecular formula is C67H100N2O24. The number of carbonyl (C=O) groups is 3. The zero-order valence-corrected chi connectivity index (χ0v) is 55.9. The van der Waals surface area contributed by atoms with E-state index in [9.17, 15) is 50.3 Å². The highest BCUT2D eigenvalue weighted by Gasteiger charge is 2.64. The van der Waals surface area contributed by atoms with E-state index in [1.54, 1.807) is 53.7 Å². The van der Waals surface area contributed by atoms with Crippen molar-refractivity contribution >= 4 is 17.8 Å². The molecule has 6 aliphatic heterocycles. The van der Waals surface area contributed by atoms with Gasteiger partial charge in [0.25, 0.3) is 0 Å². The topological polar surface area (TPSA) is 348 Å². The number of hydrogen-bond acceptors (Lipinski definition) is 24. The zero-order valence-electron chi connectivity index (χ0n) is 55.9. The molecule has 522 valence electrons. The molecule has 1 amide bonds. The lowest BCUT2D eigenvalue weighted by atomic mass is 9.49. The molecule has 31 atom stereocenters. The van der Waals surface area contributed by atoms with Gasteiger partial charge in [0.05, 0.1) is 87.3 Å². The van der Waals surface area contributed by atoms with E-state index < -0.39 is 209 Å². The van der Waals surface area contributed by atoms with E-state index in [2.05, 4.69) is 25.2 Å². The van der Waals surface area contributed by atoms with Gasteiger partial charge in [-0.2, -0.15) is 0 Å². The van der Waals surface area contributed by atoms with E-state index in [0.717, 1.165) is 12.7 Å². The molecule has 6 heterocycles. The first-order chi connectivity index (χ1) is 43.9. The number of nitrogens with one attached hydrogen (secondary N) is 1. The first kappa shape index (κ1) is 71.4. The maximum atomic E-state index is 15.7. The van der Waals surface area contributed by atoms with Gasteiger partial charge in [0.1, 0.15) is 41.8 Å². The molecule has 1 spiro atoms. The second kappa shape index (κ2) is 28.3. The van der Waals surface area contributed by atoms with Crippen molar-refractivity contribution in [3.8, 4) is 0 Å². The lowest BCUT2D eigenvalue weighted by Gasteiger charge is -2.56. The number of alkyl carbamates (subject to hydrolysis) is 1. The van der Waals surface area contributed by atoms with Gasteiger partial charge in [-0.15, -0.1) is 0 Å². The summed E-state index contributed by atoms with van der Waals surface area (Å²) in [7, 11) is 2.66. The number of ketones is 1. The maximum absolute atomic E-state index is 15.7. The molecule has 0 radical (unpaired) electrons. The van der Waals surface area contributed by atoms with Crippen LogP contribution in [0.1, 0.15) is 134 Å². The van der Waals surface area contributed by atoms with Gasteiger partial charge >= 0.3 is 12.1 Å². The summed E-state index contributed by atoms with van der Waals surface area (Å²) in [6.07, 6.45) is -8.05. The molecule has 26 nitrogen and oxygen atoms in total. The number of Topliss-reactive ketones (excluding diaryl/α,β-unsaturated/α-hetero) is 1. The van der Waals surface area contributed by atoms with Gasteiger partial charge in [0.15, 0.2) is 37.1 Å². The number of hydrogen-bond donors (Lipinski definition) is 7. The smallest absolute Gasteiger partial charge is 0.407 e. The number of allylic oxidation sites excluding steroid dienone is 3. The van der Waals surface area contributed by atoms with Crippen LogP contribution < -0.4 is 5.32 Å². The molecular weight excluding hydrogens is 1220 g/mol. The van der Waals surface area contributed by atoms with Crippen LogP contribution in [-0.2, 0) is 71.2 Å². The van der Waals surface area contributed by atoms with Crippen molar-refractivity contribution in [2.75, 3.05) is 20.8 Å². The summed E-state index contributed by atoms with van der Waals surface area (Å²) in [6.45, 7) is 21.2. The number of nitro groups is 1. The normalized spacial score (nSPS) is 49.1. The summed E-state index contributed by atoms with van der Waals surface area (Å²) in [5.41, 5.74) is -3.49. The van der Waals surface area contributed by atoms with Crippen LogP contribution in [0.2, 0.25) is 0 Å². The molecule has 0 aromatic rings. The summed E-state index contributed by atoms with van der Waals surface area (Å²) in [4.78, 5) is 55.4. The van der Waals surface area contributed by atoms with Gasteiger partial charge in [-0.05, 0) is 96.1 Å². The van der Waals surface area contributed by atoms with Gasteiger partial charge in [-0.25, -0.2) is 9.59 Å². The monoisotopic (exact) mass is 1320 g/mol. The highest BCUT2D eigenvalue weighted by molar-refractivity contribution is 6.26. The fourth-order valence-corrected chi connectivity index (χ4v) is 17.2. The van der Waals surface area contributed by atoms with Crippen molar-refractivity contribution in [2.24, 2.45) is 46.8 Å². The molecule has 0 aromatic heterocycles. The van der Waals surface area contributed by atoms with Crippen LogP contribution in [0.4, 0.5) is 4.79 Å². The number of carbonyl (C=O) groups excluding carboxylic acids is 3. The second-order valence-corrected chi connectivity index (χ2v) is 28.6. The Labute approximate surface area is 543 Å². The Kier molecular flexibility index (Phi) is 21.7. The summed E-state index contributed by atoms with van der Waals surface area (Å²) >= 11 is 0. The van der Waals surface area contributed by atoms with Crippen molar-refractivity contribution in [3.63, 3.8) is 0 Å². The van der Waals surface area contributed by atoms with E-state index in [1.807, 2.05) is 32.9 Å². The third kappa shape index (κ3) is 13.7. The molecule has 0 unspecified atom stereocenters. The number of esters is 1. The second-order valence-electron chi connectivity index (χ2n) is 28.6. The third-order valence-electron chi connectivity index (χ3n) is 22.3. The van der Waals surface area contributed by atoms with Gasteiger partial charge in [0, 0.05) is 74.2 Å². The number of fused-ring (bicyclic) bond motifs is 4. The minimum atomic E-state index is -1.84. The van der Waals surface area contributed by atoms with Crippen LogP contribution in [0.25, 0.3) is 0 Å². The van der Waals surface area contributed by atoms with Crippen LogP contribution in [0.15, 0.2) is 58.4 Å². The number of aliphatic hydroxyl groups excluding tert-OH is 6. The third-order valence-corrected chi connectivity index (χ3v) is 22.3. The highest BCUT2D eigenvalue weighted by atomic mass is 16.8. The minimum Gasteiger partial charge on any atom is -0.511 e. The van der Waals surface area contributed by atoms with Crippen molar-refractivity contribution in [2.45, 2.75) is 275 Å². The molecule has 1 saturated carbocycles. The van der Waals surface area contributed by atoms with Crippen LogP contribution in [0.3, 0.4) is 0 Å². The highest BCUT2D eigenvalue weighted by Crippen LogP contribution is 2.61. The van der Waals surface area contributed by atoms with E-state index in [4.69, 9.17) is 61.6 Å². The summed E-state index contributed by atoms with van der Waals surface area (Å²) in [5, 5.41) is 83.6. The van der Waals surface area contributed by atoms with Gasteiger partial charge < -0.3 is 97.5 Å². The van der Waals surface area contributed by atoms with E-state index in [0.29, 0.717) is 17.6 Å². The summed E-state index contributed by atoms with van der Waals surface area (Å²) in [5.74, 6) is -5.33. The average Bonchev–Trinajstić information content (AvgIpc) is 1.70. The number of methoxy groups -OCH3 is 2. The molecule has 2 bridgehead atoms. The Bertz CT molecular complexity index is 2880. The predicted molar refractivity (Wildman–Crippen MR) is 327 cm³/mol. The lowest BCUT2D eigenvalue weighted by molar-refractivity contribution is -0.584. The first-order valence-electron chi connectivity index (χ1n) is 33.2. The van der Waals surface area contributed by atoms with Crippen LogP contribution in [-0.4, -0.2) is 214 Å². The van der Waals surface area contributed by atoms with Crippen molar-refractivity contribution in [1.29, 1.82) is 0 Å². The fraction of sp³-hybridized carbons (Fsp3) is 0.806. The van der Waals surface area contributed by atoms with Crippen molar-refractivity contribution in [3.05, 3.63) is 68.5 Å². The van der Waals surface area contributed by atoms with Gasteiger partial charge in [-0.3, -0.25) is 14.9 Å².